The van der Waals surface area contributed by atoms with Crippen LogP contribution in [-0.4, -0.2) is 77.5 Å². The Labute approximate surface area is 207 Å². The number of nitrogens with zero attached hydrogens (tertiary/aromatic N) is 5. The Morgan fingerprint density at radius 3 is 1.86 bits per heavy atom. The summed E-state index contributed by atoms with van der Waals surface area (Å²) in [5.41, 5.74) is 6.14. The molecule has 2 aromatic rings. The lowest BCUT2D eigenvalue weighted by Gasteiger charge is -2.14. The van der Waals surface area contributed by atoms with E-state index in [1.165, 1.54) is 6.20 Å². The number of hydrogen-bond acceptors (Lipinski definition) is 13. The van der Waals surface area contributed by atoms with Crippen LogP contribution in [0.3, 0.4) is 0 Å². The van der Waals surface area contributed by atoms with Gasteiger partial charge in [-0.3, -0.25) is 10.1 Å². The fourth-order valence-electron chi connectivity index (χ4n) is 2.67. The average Bonchev–Trinajstić information content (AvgIpc) is 2.77. The van der Waals surface area contributed by atoms with Gasteiger partial charge < -0.3 is 36.5 Å². The second kappa shape index (κ2) is 17.0. The van der Waals surface area contributed by atoms with Gasteiger partial charge in [-0.1, -0.05) is 7.43 Å². The molecule has 0 saturated carbocycles. The van der Waals surface area contributed by atoms with E-state index in [0.717, 1.165) is 6.54 Å². The molecule has 2 aromatic heterocycles. The Kier molecular flexibility index (Phi) is 15.3. The molecule has 0 aliphatic carbocycles. The molecule has 0 unspecified atom stereocenters. The highest BCUT2D eigenvalue weighted by Gasteiger charge is 2.17. The summed E-state index contributed by atoms with van der Waals surface area (Å²) in [6, 6.07) is 0.175. The molecule has 2 rings (SSSR count). The maximum Gasteiger partial charge on any atom is 0.329 e. The number of nitrogens with one attached hydrogen (secondary N) is 4. The van der Waals surface area contributed by atoms with E-state index in [4.69, 9.17) is 15.2 Å². The number of ether oxygens (including phenoxy) is 2. The topological polar surface area (TPSA) is 187 Å². The molecule has 0 aliphatic heterocycles. The van der Waals surface area contributed by atoms with Crippen LogP contribution < -0.4 is 27.0 Å². The summed E-state index contributed by atoms with van der Waals surface area (Å²) in [4.78, 5) is 26.6. The van der Waals surface area contributed by atoms with Crippen molar-refractivity contribution in [3.63, 3.8) is 0 Å². The molecule has 0 aliphatic rings. The van der Waals surface area contributed by atoms with E-state index in [1.807, 2.05) is 27.7 Å². The normalized spacial score (nSPS) is 11.7. The molecule has 2 atom stereocenters. The minimum Gasteiger partial charge on any atom is -0.394 e. The number of rotatable bonds is 13. The monoisotopic (exact) mass is 496 g/mol. The fraction of sp³-hybridized carbons (Fsp3) is 0.619. The number of aromatic nitrogens is 4. The van der Waals surface area contributed by atoms with Crippen LogP contribution in [0.15, 0.2) is 12.4 Å². The third-order valence-corrected chi connectivity index (χ3v) is 4.06. The summed E-state index contributed by atoms with van der Waals surface area (Å²) < 4.78 is 9.99. The molecule has 14 nitrogen and oxygen atoms in total. The Bertz CT molecular complexity index is 887. The van der Waals surface area contributed by atoms with Gasteiger partial charge in [-0.05, 0) is 27.7 Å². The van der Waals surface area contributed by atoms with Crippen LogP contribution in [0, 0.1) is 10.1 Å². The van der Waals surface area contributed by atoms with E-state index in [0.29, 0.717) is 43.2 Å². The number of anilines is 5. The Morgan fingerprint density at radius 1 is 0.943 bits per heavy atom. The largest absolute Gasteiger partial charge is 0.394 e. The summed E-state index contributed by atoms with van der Waals surface area (Å²) >= 11 is 0. The summed E-state index contributed by atoms with van der Waals surface area (Å²) in [6.07, 6.45) is 2.78. The van der Waals surface area contributed by atoms with Crippen molar-refractivity contribution in [2.45, 2.75) is 47.2 Å². The van der Waals surface area contributed by atoms with E-state index in [2.05, 4.69) is 41.2 Å². The van der Waals surface area contributed by atoms with Crippen LogP contribution in [0.2, 0.25) is 0 Å². The SMILES string of the molecule is C.CCNc1nc(N[C@@H](C)COC)ncc1N.CCNc1nc(N[C@@H](C)COC)ncc1[N+](=O)[O-]. The molecule has 35 heavy (non-hydrogen) atoms. The van der Waals surface area contributed by atoms with Gasteiger partial charge in [0.1, 0.15) is 6.20 Å². The first-order chi connectivity index (χ1) is 16.2. The van der Waals surface area contributed by atoms with Crippen molar-refractivity contribution in [3.05, 3.63) is 22.5 Å². The summed E-state index contributed by atoms with van der Waals surface area (Å²) in [5.74, 6) is 1.75. The first kappa shape index (κ1) is 31.5. The van der Waals surface area contributed by atoms with Gasteiger partial charge in [0, 0.05) is 39.4 Å². The van der Waals surface area contributed by atoms with Gasteiger partial charge in [0.25, 0.3) is 0 Å². The zero-order valence-electron chi connectivity index (χ0n) is 20.6. The van der Waals surface area contributed by atoms with Gasteiger partial charge in [0.15, 0.2) is 5.82 Å². The molecule has 0 saturated heterocycles. The zero-order chi connectivity index (χ0) is 25.5. The number of nitrogen functional groups attached to an aromatic ring is 1. The van der Waals surface area contributed by atoms with E-state index in [-0.39, 0.29) is 31.0 Å². The highest BCUT2D eigenvalue weighted by Crippen LogP contribution is 2.21. The molecule has 0 bridgehead atoms. The minimum atomic E-state index is -0.514. The van der Waals surface area contributed by atoms with Crippen molar-refractivity contribution >= 4 is 34.9 Å². The summed E-state index contributed by atoms with van der Waals surface area (Å²) in [5, 5.41) is 22.8. The van der Waals surface area contributed by atoms with Gasteiger partial charge in [0.05, 0.1) is 30.0 Å². The second-order valence-corrected chi connectivity index (χ2v) is 7.24. The standard InChI is InChI=1S/C10H17N5O3.C10H19N5O.CH4/c1-4-11-9-8(15(16)17)5-12-10(14-9)13-7(2)6-18-3;1-4-12-9-8(11)5-13-10(15-9)14-7(2)6-16-3;/h5,7H,4,6H2,1-3H3,(H2,11,12,13,14);5,7H,4,6,11H2,1-3H3,(H2,12,13,14,15);1H4/t2*7-;/m00./s1. The van der Waals surface area contributed by atoms with Crippen molar-refractivity contribution in [3.8, 4) is 0 Å². The van der Waals surface area contributed by atoms with Crippen LogP contribution in [0.4, 0.5) is 34.9 Å². The van der Waals surface area contributed by atoms with Gasteiger partial charge in [0.2, 0.25) is 17.7 Å². The molecule has 6 N–H and O–H groups in total. The predicted octanol–water partition coefficient (Wildman–Crippen LogP) is 2.84. The van der Waals surface area contributed by atoms with Crippen molar-refractivity contribution in [1.29, 1.82) is 0 Å². The Balaban J connectivity index is 0.000000646. The molecule has 0 spiro atoms. The molecular weight excluding hydrogens is 456 g/mol. The maximum absolute atomic E-state index is 10.8. The first-order valence-corrected chi connectivity index (χ1v) is 10.9. The lowest BCUT2D eigenvalue weighted by molar-refractivity contribution is -0.384. The van der Waals surface area contributed by atoms with Crippen LogP contribution in [-0.2, 0) is 9.47 Å². The number of hydrogen-bond donors (Lipinski definition) is 5. The molecule has 2 heterocycles. The lowest BCUT2D eigenvalue weighted by Crippen LogP contribution is -2.22. The summed E-state index contributed by atoms with van der Waals surface area (Å²) in [6.45, 7) is 10.1. The van der Waals surface area contributed by atoms with E-state index in [1.54, 1.807) is 20.4 Å². The van der Waals surface area contributed by atoms with Crippen molar-refractivity contribution in [1.82, 2.24) is 19.9 Å². The number of nitro groups is 1. The highest BCUT2D eigenvalue weighted by atomic mass is 16.6. The van der Waals surface area contributed by atoms with Crippen LogP contribution in [0.5, 0.6) is 0 Å². The smallest absolute Gasteiger partial charge is 0.329 e. The van der Waals surface area contributed by atoms with Gasteiger partial charge in [-0.25, -0.2) is 9.97 Å². The van der Waals surface area contributed by atoms with Crippen molar-refractivity contribution in [2.24, 2.45) is 0 Å². The lowest BCUT2D eigenvalue weighted by atomic mass is 10.4. The zero-order valence-corrected chi connectivity index (χ0v) is 20.6. The molecule has 14 heteroatoms. The van der Waals surface area contributed by atoms with Crippen LogP contribution in [0.1, 0.15) is 35.1 Å². The molecule has 0 aromatic carbocycles. The predicted molar refractivity (Wildman–Crippen MR) is 140 cm³/mol. The average molecular weight is 497 g/mol. The summed E-state index contributed by atoms with van der Waals surface area (Å²) in [7, 11) is 3.25. The van der Waals surface area contributed by atoms with Crippen molar-refractivity contribution < 1.29 is 14.4 Å². The van der Waals surface area contributed by atoms with E-state index >= 15 is 0 Å². The van der Waals surface area contributed by atoms with Gasteiger partial charge in [-0.15, -0.1) is 0 Å². The maximum atomic E-state index is 10.8. The third-order valence-electron chi connectivity index (χ3n) is 4.06. The molecule has 0 radical (unpaired) electrons. The molecular formula is C21H40N10O4. The third kappa shape index (κ3) is 11.4. The van der Waals surface area contributed by atoms with Gasteiger partial charge in [-0.2, -0.15) is 9.97 Å². The number of methoxy groups -OCH3 is 2. The van der Waals surface area contributed by atoms with Crippen LogP contribution in [0.25, 0.3) is 0 Å². The van der Waals surface area contributed by atoms with Gasteiger partial charge >= 0.3 is 5.69 Å². The second-order valence-electron chi connectivity index (χ2n) is 7.24. The van der Waals surface area contributed by atoms with E-state index in [9.17, 15) is 10.1 Å². The Morgan fingerprint density at radius 2 is 1.40 bits per heavy atom. The first-order valence-electron chi connectivity index (χ1n) is 10.9. The molecule has 198 valence electrons. The fourth-order valence-corrected chi connectivity index (χ4v) is 2.67. The molecule has 0 fully saturated rings. The molecule has 0 amide bonds. The Hall–Kier alpha value is -3.52. The van der Waals surface area contributed by atoms with E-state index < -0.39 is 4.92 Å². The van der Waals surface area contributed by atoms with Crippen LogP contribution >= 0.6 is 0 Å². The highest BCUT2D eigenvalue weighted by molar-refractivity contribution is 5.61. The number of nitrogens with two attached hydrogens (primary N) is 1. The quantitative estimate of drug-likeness (QED) is 0.201. The minimum absolute atomic E-state index is 0. The van der Waals surface area contributed by atoms with Crippen molar-refractivity contribution in [2.75, 3.05) is 67.5 Å².